The average molecular weight is 221 g/mol. The van der Waals surface area contributed by atoms with Crippen LogP contribution in [0.5, 0.6) is 0 Å². The summed E-state index contributed by atoms with van der Waals surface area (Å²) in [5.74, 6) is -0.973. The van der Waals surface area contributed by atoms with E-state index in [1.807, 2.05) is 6.07 Å². The summed E-state index contributed by atoms with van der Waals surface area (Å²) in [5.41, 5.74) is 7.46. The van der Waals surface area contributed by atoms with E-state index in [1.54, 1.807) is 12.1 Å². The molecule has 0 aliphatic rings. The highest BCUT2D eigenvalue weighted by Gasteiger charge is 2.23. The summed E-state index contributed by atoms with van der Waals surface area (Å²) in [5, 5.41) is 8.89. The van der Waals surface area contributed by atoms with Gasteiger partial charge in [-0.05, 0) is 36.0 Å². The van der Waals surface area contributed by atoms with E-state index in [0.29, 0.717) is 5.69 Å². The number of anilines is 1. The van der Waals surface area contributed by atoms with Crippen molar-refractivity contribution in [3.8, 4) is 0 Å². The summed E-state index contributed by atoms with van der Waals surface area (Å²) in [4.78, 5) is 10.8. The maximum absolute atomic E-state index is 10.8. The van der Waals surface area contributed by atoms with E-state index < -0.39 is 5.97 Å². The van der Waals surface area contributed by atoms with Gasteiger partial charge in [0.2, 0.25) is 0 Å². The van der Waals surface area contributed by atoms with Crippen LogP contribution < -0.4 is 5.73 Å². The van der Waals surface area contributed by atoms with Crippen LogP contribution in [-0.4, -0.2) is 11.1 Å². The van der Waals surface area contributed by atoms with Gasteiger partial charge in [0.15, 0.2) is 0 Å². The Hall–Kier alpha value is -1.51. The Labute approximate surface area is 96.3 Å². The first kappa shape index (κ1) is 12.6. The smallest absolute Gasteiger partial charge is 0.337 e. The molecular weight excluding hydrogens is 202 g/mol. The van der Waals surface area contributed by atoms with Crippen LogP contribution in [0.2, 0.25) is 0 Å². The van der Waals surface area contributed by atoms with Crippen LogP contribution in [0.25, 0.3) is 0 Å². The zero-order valence-electron chi connectivity index (χ0n) is 10.1. The van der Waals surface area contributed by atoms with E-state index in [2.05, 4.69) is 20.8 Å². The van der Waals surface area contributed by atoms with E-state index in [0.717, 1.165) is 18.4 Å². The molecule has 1 aromatic rings. The van der Waals surface area contributed by atoms with Gasteiger partial charge in [-0.1, -0.05) is 26.8 Å². The number of aromatic carboxylic acids is 1. The molecule has 0 bridgehead atoms. The third-order valence-electron chi connectivity index (χ3n) is 3.54. The lowest BCUT2D eigenvalue weighted by molar-refractivity contribution is 0.0698. The molecule has 0 amide bonds. The van der Waals surface area contributed by atoms with Gasteiger partial charge in [-0.15, -0.1) is 0 Å². The Bertz CT molecular complexity index is 395. The predicted octanol–water partition coefficient (Wildman–Crippen LogP) is 3.04. The predicted molar refractivity (Wildman–Crippen MR) is 65.7 cm³/mol. The monoisotopic (exact) mass is 221 g/mol. The number of nitrogens with two attached hydrogens (primary N) is 1. The number of carboxylic acids is 1. The maximum atomic E-state index is 10.8. The van der Waals surface area contributed by atoms with Gasteiger partial charge in [-0.25, -0.2) is 4.79 Å². The summed E-state index contributed by atoms with van der Waals surface area (Å²) < 4.78 is 0. The number of benzene rings is 1. The topological polar surface area (TPSA) is 63.3 Å². The first-order valence-corrected chi connectivity index (χ1v) is 5.58. The molecule has 0 fully saturated rings. The number of hydrogen-bond donors (Lipinski definition) is 2. The van der Waals surface area contributed by atoms with Gasteiger partial charge in [0, 0.05) is 5.69 Å². The van der Waals surface area contributed by atoms with Gasteiger partial charge >= 0.3 is 5.97 Å². The molecule has 1 aromatic carbocycles. The highest BCUT2D eigenvalue weighted by Crippen LogP contribution is 2.32. The van der Waals surface area contributed by atoms with Gasteiger partial charge < -0.3 is 10.8 Å². The van der Waals surface area contributed by atoms with Gasteiger partial charge in [0.25, 0.3) is 0 Å². The second kappa shape index (κ2) is 4.56. The first-order valence-electron chi connectivity index (χ1n) is 5.58. The van der Waals surface area contributed by atoms with Crippen molar-refractivity contribution in [2.75, 3.05) is 5.73 Å². The Kier molecular flexibility index (Phi) is 3.58. The summed E-state index contributed by atoms with van der Waals surface area (Å²) in [6.45, 7) is 6.43. The number of rotatable bonds is 4. The molecule has 0 radical (unpaired) electrons. The van der Waals surface area contributed by atoms with Crippen LogP contribution in [0.4, 0.5) is 5.69 Å². The van der Waals surface area contributed by atoms with Crippen LogP contribution in [0, 0.1) is 0 Å². The van der Waals surface area contributed by atoms with Crippen molar-refractivity contribution in [1.29, 1.82) is 0 Å². The lowest BCUT2D eigenvalue weighted by Crippen LogP contribution is -2.20. The molecule has 0 saturated heterocycles. The minimum atomic E-state index is -0.973. The lowest BCUT2D eigenvalue weighted by atomic mass is 9.77. The number of nitrogen functional groups attached to an aromatic ring is 1. The third-order valence-corrected chi connectivity index (χ3v) is 3.54. The normalized spacial score (nSPS) is 11.4. The number of carbonyl (C=O) groups is 1. The largest absolute Gasteiger partial charge is 0.478 e. The van der Waals surface area contributed by atoms with Crippen molar-refractivity contribution >= 4 is 11.7 Å². The summed E-state index contributed by atoms with van der Waals surface area (Å²) in [7, 11) is 0. The number of carboxylic acid groups (broad SMARTS) is 1. The Balaban J connectivity index is 3.19. The average Bonchev–Trinajstić information content (AvgIpc) is 2.27. The minimum absolute atomic E-state index is 0.0746. The molecule has 0 saturated carbocycles. The summed E-state index contributed by atoms with van der Waals surface area (Å²) >= 11 is 0. The fourth-order valence-corrected chi connectivity index (χ4v) is 1.79. The van der Waals surface area contributed by atoms with Crippen molar-refractivity contribution in [2.24, 2.45) is 0 Å². The van der Waals surface area contributed by atoms with Crippen molar-refractivity contribution in [3.63, 3.8) is 0 Å². The third kappa shape index (κ3) is 2.18. The summed E-state index contributed by atoms with van der Waals surface area (Å²) in [6, 6.07) is 5.25. The lowest BCUT2D eigenvalue weighted by Gasteiger charge is -2.27. The molecule has 16 heavy (non-hydrogen) atoms. The SMILES string of the molecule is CCC(C)(CC)c1ccc(C(=O)O)c(N)c1. The molecule has 0 unspecified atom stereocenters. The molecule has 0 aliphatic heterocycles. The zero-order chi connectivity index (χ0) is 12.3. The van der Waals surface area contributed by atoms with Crippen LogP contribution in [0.3, 0.4) is 0 Å². The van der Waals surface area contributed by atoms with Gasteiger partial charge in [-0.2, -0.15) is 0 Å². The van der Waals surface area contributed by atoms with Crippen LogP contribution in [0.1, 0.15) is 49.5 Å². The quantitative estimate of drug-likeness (QED) is 0.768. The van der Waals surface area contributed by atoms with E-state index >= 15 is 0 Å². The fraction of sp³-hybridized carbons (Fsp3) is 0.462. The fourth-order valence-electron chi connectivity index (χ4n) is 1.79. The Morgan fingerprint density at radius 2 is 1.94 bits per heavy atom. The molecule has 0 heterocycles. The van der Waals surface area contributed by atoms with Gasteiger partial charge in [0.1, 0.15) is 0 Å². The molecule has 3 nitrogen and oxygen atoms in total. The van der Waals surface area contributed by atoms with E-state index in [9.17, 15) is 4.79 Å². The number of hydrogen-bond acceptors (Lipinski definition) is 2. The molecule has 0 spiro atoms. The van der Waals surface area contributed by atoms with Crippen LogP contribution >= 0.6 is 0 Å². The maximum Gasteiger partial charge on any atom is 0.337 e. The molecule has 0 aromatic heterocycles. The molecule has 0 atom stereocenters. The minimum Gasteiger partial charge on any atom is -0.478 e. The highest BCUT2D eigenvalue weighted by molar-refractivity contribution is 5.93. The van der Waals surface area contributed by atoms with Crippen LogP contribution in [0.15, 0.2) is 18.2 Å². The van der Waals surface area contributed by atoms with Crippen molar-refractivity contribution in [2.45, 2.75) is 39.0 Å². The Morgan fingerprint density at radius 1 is 1.38 bits per heavy atom. The highest BCUT2D eigenvalue weighted by atomic mass is 16.4. The van der Waals surface area contributed by atoms with E-state index in [-0.39, 0.29) is 11.0 Å². The second-order valence-electron chi connectivity index (χ2n) is 4.37. The summed E-state index contributed by atoms with van der Waals surface area (Å²) in [6.07, 6.45) is 2.02. The standard InChI is InChI=1S/C13H19NO2/c1-4-13(3,5-2)9-6-7-10(12(15)16)11(14)8-9/h6-8H,4-5,14H2,1-3H3,(H,15,16). The van der Waals surface area contributed by atoms with Crippen molar-refractivity contribution < 1.29 is 9.90 Å². The molecule has 1 rings (SSSR count). The van der Waals surface area contributed by atoms with Gasteiger partial charge in [-0.3, -0.25) is 0 Å². The first-order chi connectivity index (χ1) is 7.44. The van der Waals surface area contributed by atoms with E-state index in [1.165, 1.54) is 0 Å². The molecule has 3 heteroatoms. The van der Waals surface area contributed by atoms with Crippen LogP contribution in [-0.2, 0) is 5.41 Å². The second-order valence-corrected chi connectivity index (χ2v) is 4.37. The molecule has 3 N–H and O–H groups in total. The molecule has 88 valence electrons. The van der Waals surface area contributed by atoms with E-state index in [4.69, 9.17) is 10.8 Å². The zero-order valence-corrected chi connectivity index (χ0v) is 10.1. The molecule has 0 aliphatic carbocycles. The van der Waals surface area contributed by atoms with Gasteiger partial charge in [0.05, 0.1) is 5.56 Å². The Morgan fingerprint density at radius 3 is 2.31 bits per heavy atom. The van der Waals surface area contributed by atoms with Crippen molar-refractivity contribution in [3.05, 3.63) is 29.3 Å². The molecular formula is C13H19NO2. The van der Waals surface area contributed by atoms with Crippen molar-refractivity contribution in [1.82, 2.24) is 0 Å².